The number of hydrogen-bond acceptors (Lipinski definition) is 5. The van der Waals surface area contributed by atoms with Crippen LogP contribution in [0.2, 0.25) is 0 Å². The minimum absolute atomic E-state index is 0.197. The van der Waals surface area contributed by atoms with Crippen molar-refractivity contribution in [1.82, 2.24) is 9.71 Å². The minimum atomic E-state index is -3.49. The zero-order chi connectivity index (χ0) is 13.8. The van der Waals surface area contributed by atoms with Gasteiger partial charge in [-0.1, -0.05) is 19.8 Å². The van der Waals surface area contributed by atoms with Gasteiger partial charge in [0.25, 0.3) is 10.0 Å². The van der Waals surface area contributed by atoms with Crippen LogP contribution in [-0.2, 0) is 10.0 Å². The molecule has 0 spiro atoms. The molecule has 0 fully saturated rings. The molecular weight excluding hydrogens is 270 g/mol. The van der Waals surface area contributed by atoms with Crippen LogP contribution in [0.1, 0.15) is 36.9 Å². The molecule has 0 aliphatic rings. The van der Waals surface area contributed by atoms with E-state index in [0.717, 1.165) is 24.3 Å². The van der Waals surface area contributed by atoms with E-state index in [-0.39, 0.29) is 6.04 Å². The van der Waals surface area contributed by atoms with Gasteiger partial charge in [0.1, 0.15) is 0 Å². The van der Waals surface area contributed by atoms with Crippen molar-refractivity contribution < 1.29 is 8.42 Å². The molecule has 1 heterocycles. The number of aromatic nitrogens is 1. The van der Waals surface area contributed by atoms with Gasteiger partial charge in [-0.3, -0.25) is 0 Å². The summed E-state index contributed by atoms with van der Waals surface area (Å²) >= 11 is 1.20. The van der Waals surface area contributed by atoms with Crippen molar-refractivity contribution in [2.24, 2.45) is 5.73 Å². The van der Waals surface area contributed by atoms with Gasteiger partial charge in [-0.2, -0.15) is 0 Å². The highest BCUT2D eigenvalue weighted by atomic mass is 32.2. The molecule has 0 aliphatic carbocycles. The van der Waals surface area contributed by atoms with Crippen molar-refractivity contribution >= 4 is 21.4 Å². The second kappa shape index (κ2) is 6.60. The van der Waals surface area contributed by atoms with Crippen LogP contribution in [0.15, 0.2) is 4.21 Å². The number of thiazole rings is 1. The third-order valence-corrected chi connectivity index (χ3v) is 5.82. The van der Waals surface area contributed by atoms with Gasteiger partial charge in [0.2, 0.25) is 0 Å². The molecule has 1 aromatic rings. The normalized spacial score (nSPS) is 13.8. The summed E-state index contributed by atoms with van der Waals surface area (Å²) in [7, 11) is -3.49. The van der Waals surface area contributed by atoms with Crippen LogP contribution in [0.25, 0.3) is 0 Å². The first-order valence-electron chi connectivity index (χ1n) is 6.07. The van der Waals surface area contributed by atoms with E-state index >= 15 is 0 Å². The zero-order valence-corrected chi connectivity index (χ0v) is 12.7. The maximum Gasteiger partial charge on any atom is 0.252 e. The molecule has 0 unspecified atom stereocenters. The predicted octanol–water partition coefficient (Wildman–Crippen LogP) is 1.56. The summed E-state index contributed by atoms with van der Waals surface area (Å²) < 4.78 is 27.4. The van der Waals surface area contributed by atoms with Gasteiger partial charge < -0.3 is 5.73 Å². The summed E-state index contributed by atoms with van der Waals surface area (Å²) in [6, 6.07) is -0.197. The number of unbranched alkanes of at least 4 members (excludes halogenated alkanes) is 1. The molecule has 0 saturated heterocycles. The first kappa shape index (κ1) is 15.6. The second-order valence-corrected chi connectivity index (χ2v) is 7.41. The summed E-state index contributed by atoms with van der Waals surface area (Å²) in [6.45, 7) is 5.89. The Morgan fingerprint density at radius 3 is 2.56 bits per heavy atom. The summed E-state index contributed by atoms with van der Waals surface area (Å²) in [5, 5.41) is 0.755. The number of nitrogens with two attached hydrogens (primary N) is 1. The topological polar surface area (TPSA) is 85.1 Å². The average Bonchev–Trinajstić information content (AvgIpc) is 2.64. The van der Waals surface area contributed by atoms with Gasteiger partial charge in [-0.15, -0.1) is 11.3 Å². The predicted molar refractivity (Wildman–Crippen MR) is 74.3 cm³/mol. The van der Waals surface area contributed by atoms with E-state index in [9.17, 15) is 8.42 Å². The smallest absolute Gasteiger partial charge is 0.252 e. The van der Waals surface area contributed by atoms with Crippen molar-refractivity contribution in [2.75, 3.05) is 6.54 Å². The second-order valence-electron chi connectivity index (χ2n) is 4.30. The Labute approximate surface area is 113 Å². The third kappa shape index (κ3) is 4.01. The maximum atomic E-state index is 12.2. The van der Waals surface area contributed by atoms with E-state index in [4.69, 9.17) is 5.73 Å². The molecule has 104 valence electrons. The number of aryl methyl sites for hydroxylation is 2. The first-order chi connectivity index (χ1) is 8.40. The largest absolute Gasteiger partial charge is 0.329 e. The Morgan fingerprint density at radius 1 is 1.44 bits per heavy atom. The lowest BCUT2D eigenvalue weighted by Gasteiger charge is -2.15. The molecule has 7 heteroatoms. The van der Waals surface area contributed by atoms with Crippen LogP contribution >= 0.6 is 11.3 Å². The fraction of sp³-hybridized carbons (Fsp3) is 0.727. The lowest BCUT2D eigenvalue weighted by molar-refractivity contribution is 0.517. The van der Waals surface area contributed by atoms with Gasteiger partial charge in [0.15, 0.2) is 4.21 Å². The van der Waals surface area contributed by atoms with Crippen LogP contribution < -0.4 is 10.5 Å². The highest BCUT2D eigenvalue weighted by molar-refractivity contribution is 7.91. The van der Waals surface area contributed by atoms with Crippen LogP contribution in [0.4, 0.5) is 0 Å². The number of hydrogen-bond donors (Lipinski definition) is 2. The standard InChI is InChI=1S/C11H21N3O2S2/c1-4-5-6-10(7-12)14-18(15,16)11-8(2)13-9(3)17-11/h10,14H,4-7,12H2,1-3H3/t10-/m0/s1. The van der Waals surface area contributed by atoms with Crippen molar-refractivity contribution in [1.29, 1.82) is 0 Å². The van der Waals surface area contributed by atoms with Crippen LogP contribution in [0.3, 0.4) is 0 Å². The molecule has 0 amide bonds. The SMILES string of the molecule is CCCC[C@@H](CN)NS(=O)(=O)c1sc(C)nc1C. The molecular formula is C11H21N3O2S2. The lowest BCUT2D eigenvalue weighted by Crippen LogP contribution is -2.40. The Balaban J connectivity index is 2.83. The minimum Gasteiger partial charge on any atom is -0.329 e. The molecule has 18 heavy (non-hydrogen) atoms. The van der Waals surface area contributed by atoms with E-state index in [1.165, 1.54) is 11.3 Å². The van der Waals surface area contributed by atoms with Crippen LogP contribution in [0, 0.1) is 13.8 Å². The van der Waals surface area contributed by atoms with Crippen molar-refractivity contribution in [3.05, 3.63) is 10.7 Å². The first-order valence-corrected chi connectivity index (χ1v) is 8.37. The van der Waals surface area contributed by atoms with E-state index < -0.39 is 10.0 Å². The van der Waals surface area contributed by atoms with E-state index in [1.807, 2.05) is 0 Å². The Hall–Kier alpha value is -0.500. The molecule has 0 saturated carbocycles. The number of rotatable bonds is 7. The molecule has 1 aromatic heterocycles. The van der Waals surface area contributed by atoms with Crippen molar-refractivity contribution in [3.8, 4) is 0 Å². The zero-order valence-electron chi connectivity index (χ0n) is 11.1. The summed E-state index contributed by atoms with van der Waals surface area (Å²) in [5.74, 6) is 0. The van der Waals surface area contributed by atoms with Crippen LogP contribution in [-0.4, -0.2) is 26.0 Å². The van der Waals surface area contributed by atoms with Crippen molar-refractivity contribution in [3.63, 3.8) is 0 Å². The fourth-order valence-electron chi connectivity index (χ4n) is 1.71. The van der Waals surface area contributed by atoms with Gasteiger partial charge >= 0.3 is 0 Å². The monoisotopic (exact) mass is 291 g/mol. The number of nitrogens with zero attached hydrogens (tertiary/aromatic N) is 1. The van der Waals surface area contributed by atoms with Gasteiger partial charge in [-0.05, 0) is 20.3 Å². The molecule has 0 aliphatic heterocycles. The van der Waals surface area contributed by atoms with E-state index in [1.54, 1.807) is 13.8 Å². The van der Waals surface area contributed by atoms with Crippen molar-refractivity contribution in [2.45, 2.75) is 50.3 Å². The Bertz CT molecular complexity index is 482. The number of nitrogens with one attached hydrogen (secondary N) is 1. The summed E-state index contributed by atoms with van der Waals surface area (Å²) in [4.78, 5) is 4.14. The quantitative estimate of drug-likeness (QED) is 0.798. The molecule has 5 nitrogen and oxygen atoms in total. The average molecular weight is 291 g/mol. The van der Waals surface area contributed by atoms with Crippen LogP contribution in [0.5, 0.6) is 0 Å². The Morgan fingerprint density at radius 2 is 2.11 bits per heavy atom. The fourth-order valence-corrected chi connectivity index (χ4v) is 4.49. The molecule has 1 atom stereocenters. The molecule has 1 rings (SSSR count). The van der Waals surface area contributed by atoms with E-state index in [2.05, 4.69) is 16.6 Å². The van der Waals surface area contributed by atoms with Gasteiger partial charge in [0, 0.05) is 12.6 Å². The summed E-state index contributed by atoms with van der Waals surface area (Å²) in [5.41, 5.74) is 6.15. The maximum absolute atomic E-state index is 12.2. The van der Waals surface area contributed by atoms with Gasteiger partial charge in [-0.25, -0.2) is 18.1 Å². The van der Waals surface area contributed by atoms with E-state index in [0.29, 0.717) is 16.4 Å². The third-order valence-electron chi connectivity index (χ3n) is 2.62. The molecule has 3 N–H and O–H groups in total. The highest BCUT2D eigenvalue weighted by Crippen LogP contribution is 2.23. The lowest BCUT2D eigenvalue weighted by atomic mass is 10.1. The highest BCUT2D eigenvalue weighted by Gasteiger charge is 2.23. The Kier molecular flexibility index (Phi) is 5.71. The molecule has 0 aromatic carbocycles. The van der Waals surface area contributed by atoms with Gasteiger partial charge in [0.05, 0.1) is 10.7 Å². The summed E-state index contributed by atoms with van der Waals surface area (Å²) in [6.07, 6.45) is 2.76. The molecule has 0 bridgehead atoms. The number of sulfonamides is 1. The molecule has 0 radical (unpaired) electrons.